The molecule has 0 radical (unpaired) electrons. The van der Waals surface area contributed by atoms with Gasteiger partial charge in [0.1, 0.15) is 6.04 Å². The maximum Gasteiger partial charge on any atom is 0.329 e. The molecule has 2 aromatic rings. The van der Waals surface area contributed by atoms with Crippen molar-refractivity contribution in [1.82, 2.24) is 24.7 Å². The molecule has 0 aliphatic carbocycles. The Morgan fingerprint density at radius 2 is 1.84 bits per heavy atom. The van der Waals surface area contributed by atoms with E-state index in [1.165, 1.54) is 18.5 Å². The fourth-order valence-electron chi connectivity index (χ4n) is 5.55. The predicted octanol–water partition coefficient (Wildman–Crippen LogP) is 1.11. The molecule has 0 bridgehead atoms. The van der Waals surface area contributed by atoms with Crippen LogP contribution < -0.4 is 16.3 Å². The molecule has 8 nitrogen and oxygen atoms in total. The number of fused-ring (bicyclic) bond motifs is 1. The van der Waals surface area contributed by atoms with Crippen LogP contribution in [-0.4, -0.2) is 58.6 Å². The number of piperidine rings is 2. The number of rotatable bonds is 4. The summed E-state index contributed by atoms with van der Waals surface area (Å²) in [4.78, 5) is 39.4. The van der Waals surface area contributed by atoms with E-state index in [0.29, 0.717) is 12.3 Å². The van der Waals surface area contributed by atoms with E-state index in [-0.39, 0.29) is 23.9 Å². The maximum atomic E-state index is 13.0. The van der Waals surface area contributed by atoms with Gasteiger partial charge in [-0.1, -0.05) is 6.07 Å². The normalized spacial score (nSPS) is 26.0. The van der Waals surface area contributed by atoms with Gasteiger partial charge in [0, 0.05) is 20.0 Å². The molecule has 3 fully saturated rings. The van der Waals surface area contributed by atoms with Crippen LogP contribution in [0, 0.1) is 5.92 Å². The van der Waals surface area contributed by atoms with Gasteiger partial charge in [-0.3, -0.25) is 24.0 Å². The predicted molar refractivity (Wildman–Crippen MR) is 118 cm³/mol. The Labute approximate surface area is 181 Å². The summed E-state index contributed by atoms with van der Waals surface area (Å²) in [6.07, 6.45) is 4.17. The van der Waals surface area contributed by atoms with Crippen molar-refractivity contribution >= 4 is 22.8 Å². The van der Waals surface area contributed by atoms with Crippen molar-refractivity contribution in [3.63, 3.8) is 0 Å². The third kappa shape index (κ3) is 3.83. The first kappa shape index (κ1) is 20.5. The lowest BCUT2D eigenvalue weighted by molar-refractivity contribution is -0.135. The number of carbonyl (C=O) groups is 2. The standard InChI is InChI=1S/C23H31N5O3/c1-26-20-12-17(16-7-10-27(11-8-16)14-15-6-9-24-13-15)2-3-18(20)28(23(26)31)19-4-5-21(29)25-22(19)30/h2-3,12,15-16,19,24H,4-11,13-14H2,1H3,(H,25,29,30). The first-order valence-corrected chi connectivity index (χ1v) is 11.5. The highest BCUT2D eigenvalue weighted by molar-refractivity contribution is 6.00. The third-order valence-electron chi connectivity index (χ3n) is 7.37. The SMILES string of the molecule is Cn1c(=O)n(C2CCC(=O)NC2=O)c2ccc(C3CCN(CC4CCNC4)CC3)cc21. The summed E-state index contributed by atoms with van der Waals surface area (Å²) in [5.41, 5.74) is 2.68. The highest BCUT2D eigenvalue weighted by Gasteiger charge is 2.31. The molecule has 0 saturated carbocycles. The maximum absolute atomic E-state index is 13.0. The second kappa shape index (κ2) is 8.24. The lowest BCUT2D eigenvalue weighted by Crippen LogP contribution is -2.44. The van der Waals surface area contributed by atoms with Crippen LogP contribution in [0.4, 0.5) is 0 Å². The van der Waals surface area contributed by atoms with E-state index in [9.17, 15) is 14.4 Å². The van der Waals surface area contributed by atoms with Crippen molar-refractivity contribution in [1.29, 1.82) is 0 Å². The zero-order valence-corrected chi connectivity index (χ0v) is 18.1. The molecule has 8 heteroatoms. The molecular formula is C23H31N5O3. The number of benzene rings is 1. The van der Waals surface area contributed by atoms with Crippen LogP contribution in [0.15, 0.2) is 23.0 Å². The lowest BCUT2D eigenvalue weighted by atomic mass is 9.88. The number of nitrogens with zero attached hydrogens (tertiary/aromatic N) is 3. The van der Waals surface area contributed by atoms with E-state index in [2.05, 4.69) is 27.7 Å². The van der Waals surface area contributed by atoms with Gasteiger partial charge in [0.05, 0.1) is 11.0 Å². The Kier molecular flexibility index (Phi) is 5.44. The summed E-state index contributed by atoms with van der Waals surface area (Å²) in [6, 6.07) is 5.59. The average molecular weight is 426 g/mol. The van der Waals surface area contributed by atoms with Crippen LogP contribution in [0.1, 0.15) is 49.6 Å². The molecule has 31 heavy (non-hydrogen) atoms. The Morgan fingerprint density at radius 1 is 1.03 bits per heavy atom. The Hall–Kier alpha value is -2.45. The molecule has 2 unspecified atom stereocenters. The zero-order valence-electron chi connectivity index (χ0n) is 18.1. The number of likely N-dealkylation sites (tertiary alicyclic amines) is 1. The molecule has 1 aromatic heterocycles. The molecule has 0 spiro atoms. The van der Waals surface area contributed by atoms with Gasteiger partial charge < -0.3 is 10.2 Å². The second-order valence-electron chi connectivity index (χ2n) is 9.36. The second-order valence-corrected chi connectivity index (χ2v) is 9.36. The van der Waals surface area contributed by atoms with E-state index >= 15 is 0 Å². The Balaban J connectivity index is 1.35. The largest absolute Gasteiger partial charge is 0.329 e. The first-order valence-electron chi connectivity index (χ1n) is 11.5. The van der Waals surface area contributed by atoms with Gasteiger partial charge in [0.2, 0.25) is 11.8 Å². The molecule has 3 aliphatic rings. The number of aromatic nitrogens is 2. The van der Waals surface area contributed by atoms with Crippen LogP contribution in [0.3, 0.4) is 0 Å². The van der Waals surface area contributed by atoms with E-state index in [4.69, 9.17) is 0 Å². The third-order valence-corrected chi connectivity index (χ3v) is 7.37. The van der Waals surface area contributed by atoms with Gasteiger partial charge in [-0.2, -0.15) is 0 Å². The monoisotopic (exact) mass is 425 g/mol. The van der Waals surface area contributed by atoms with Gasteiger partial charge in [-0.05, 0) is 81.4 Å². The molecule has 2 amide bonds. The molecule has 3 aliphatic heterocycles. The summed E-state index contributed by atoms with van der Waals surface area (Å²) < 4.78 is 3.18. The first-order chi connectivity index (χ1) is 15.0. The summed E-state index contributed by atoms with van der Waals surface area (Å²) in [5.74, 6) is 0.623. The number of nitrogens with one attached hydrogen (secondary N) is 2. The quantitative estimate of drug-likeness (QED) is 0.717. The lowest BCUT2D eigenvalue weighted by Gasteiger charge is -2.33. The molecule has 4 heterocycles. The molecule has 166 valence electrons. The van der Waals surface area contributed by atoms with Crippen molar-refractivity contribution in [3.8, 4) is 0 Å². The molecule has 2 N–H and O–H groups in total. The van der Waals surface area contributed by atoms with Crippen LogP contribution >= 0.6 is 0 Å². The van der Waals surface area contributed by atoms with E-state index in [0.717, 1.165) is 56.0 Å². The molecular weight excluding hydrogens is 394 g/mol. The molecule has 1 aromatic carbocycles. The number of carbonyl (C=O) groups excluding carboxylic acids is 2. The average Bonchev–Trinajstić information content (AvgIpc) is 3.36. The van der Waals surface area contributed by atoms with Crippen LogP contribution in [0.25, 0.3) is 11.0 Å². The van der Waals surface area contributed by atoms with Crippen LogP contribution in [0.2, 0.25) is 0 Å². The Bertz CT molecular complexity index is 1060. The summed E-state index contributed by atoms with van der Waals surface area (Å²) in [7, 11) is 1.76. The van der Waals surface area contributed by atoms with Gasteiger partial charge in [-0.25, -0.2) is 4.79 Å². The Morgan fingerprint density at radius 3 is 2.55 bits per heavy atom. The molecule has 3 saturated heterocycles. The van der Waals surface area contributed by atoms with Crippen molar-refractivity contribution in [2.75, 3.05) is 32.7 Å². The summed E-state index contributed by atoms with van der Waals surface area (Å²) in [5, 5.41) is 5.82. The number of aryl methyl sites for hydroxylation is 1. The van der Waals surface area contributed by atoms with Gasteiger partial charge in [-0.15, -0.1) is 0 Å². The fourth-order valence-corrected chi connectivity index (χ4v) is 5.55. The minimum absolute atomic E-state index is 0.207. The van der Waals surface area contributed by atoms with Crippen LogP contribution in [0.5, 0.6) is 0 Å². The number of imide groups is 1. The van der Waals surface area contributed by atoms with E-state index in [1.807, 2.05) is 6.07 Å². The van der Waals surface area contributed by atoms with E-state index < -0.39 is 6.04 Å². The smallest absolute Gasteiger partial charge is 0.316 e. The van der Waals surface area contributed by atoms with E-state index in [1.54, 1.807) is 16.2 Å². The summed E-state index contributed by atoms with van der Waals surface area (Å²) in [6.45, 7) is 5.74. The van der Waals surface area contributed by atoms with Crippen molar-refractivity contribution in [3.05, 3.63) is 34.2 Å². The summed E-state index contributed by atoms with van der Waals surface area (Å²) >= 11 is 0. The molecule has 2 atom stereocenters. The number of hydrogen-bond donors (Lipinski definition) is 2. The minimum Gasteiger partial charge on any atom is -0.316 e. The fraction of sp³-hybridized carbons (Fsp3) is 0.609. The minimum atomic E-state index is -0.631. The van der Waals surface area contributed by atoms with Crippen LogP contribution in [-0.2, 0) is 16.6 Å². The number of imidazole rings is 1. The highest BCUT2D eigenvalue weighted by Crippen LogP contribution is 2.31. The number of amides is 2. The van der Waals surface area contributed by atoms with Gasteiger partial charge >= 0.3 is 5.69 Å². The molecule has 5 rings (SSSR count). The number of hydrogen-bond acceptors (Lipinski definition) is 5. The highest BCUT2D eigenvalue weighted by atomic mass is 16.2. The van der Waals surface area contributed by atoms with Gasteiger partial charge in [0.15, 0.2) is 0 Å². The zero-order chi connectivity index (χ0) is 21.5. The van der Waals surface area contributed by atoms with Crippen molar-refractivity contribution in [2.45, 2.75) is 44.1 Å². The topological polar surface area (TPSA) is 88.4 Å². The van der Waals surface area contributed by atoms with Crippen molar-refractivity contribution in [2.24, 2.45) is 13.0 Å². The van der Waals surface area contributed by atoms with Crippen molar-refractivity contribution < 1.29 is 9.59 Å². The van der Waals surface area contributed by atoms with Gasteiger partial charge in [0.25, 0.3) is 0 Å².